The SMILES string of the molecule is CC(C)CN(CCN(C)C)C(=O)c1ccc(CCl)cc1. The van der Waals surface area contributed by atoms with Crippen LogP contribution in [0, 0.1) is 5.92 Å². The molecule has 112 valence electrons. The molecule has 0 atom stereocenters. The average molecular weight is 297 g/mol. The van der Waals surface area contributed by atoms with Crippen molar-refractivity contribution in [2.45, 2.75) is 19.7 Å². The summed E-state index contributed by atoms with van der Waals surface area (Å²) < 4.78 is 0. The van der Waals surface area contributed by atoms with Gasteiger partial charge < -0.3 is 9.80 Å². The molecule has 1 aromatic carbocycles. The van der Waals surface area contributed by atoms with Gasteiger partial charge in [-0.3, -0.25) is 4.79 Å². The molecule has 0 saturated carbocycles. The first kappa shape index (κ1) is 17.0. The standard InChI is InChI=1S/C16H25ClN2O/c1-13(2)12-19(10-9-18(3)4)16(20)15-7-5-14(11-17)6-8-15/h5-8,13H,9-12H2,1-4H3. The lowest BCUT2D eigenvalue weighted by Gasteiger charge is -2.26. The molecule has 0 aliphatic carbocycles. The van der Waals surface area contributed by atoms with E-state index in [1.165, 1.54) is 0 Å². The molecule has 0 aliphatic heterocycles. The molecule has 20 heavy (non-hydrogen) atoms. The van der Waals surface area contributed by atoms with Gasteiger partial charge >= 0.3 is 0 Å². The molecule has 0 bridgehead atoms. The molecule has 0 saturated heterocycles. The zero-order chi connectivity index (χ0) is 15.1. The Morgan fingerprint density at radius 2 is 1.75 bits per heavy atom. The fraction of sp³-hybridized carbons (Fsp3) is 0.562. The highest BCUT2D eigenvalue weighted by Crippen LogP contribution is 2.11. The summed E-state index contributed by atoms with van der Waals surface area (Å²) in [6.45, 7) is 6.67. The number of benzene rings is 1. The first-order chi connectivity index (χ1) is 9.43. The Bertz CT molecular complexity index is 415. The first-order valence-electron chi connectivity index (χ1n) is 7.03. The third-order valence-electron chi connectivity index (χ3n) is 3.05. The van der Waals surface area contributed by atoms with Gasteiger partial charge in [0.2, 0.25) is 0 Å². The second-order valence-corrected chi connectivity index (χ2v) is 6.05. The summed E-state index contributed by atoms with van der Waals surface area (Å²) in [5.74, 6) is 1.04. The molecule has 0 aromatic heterocycles. The van der Waals surface area contributed by atoms with E-state index in [0.717, 1.165) is 30.8 Å². The van der Waals surface area contributed by atoms with Crippen LogP contribution in [-0.2, 0) is 5.88 Å². The third-order valence-corrected chi connectivity index (χ3v) is 3.35. The molecule has 1 rings (SSSR count). The summed E-state index contributed by atoms with van der Waals surface area (Å²) in [6, 6.07) is 7.56. The molecule has 0 heterocycles. The van der Waals surface area contributed by atoms with Crippen LogP contribution in [0.4, 0.5) is 0 Å². The molecule has 0 radical (unpaired) electrons. The van der Waals surface area contributed by atoms with Gasteiger partial charge in [-0.1, -0.05) is 26.0 Å². The van der Waals surface area contributed by atoms with Crippen LogP contribution in [0.5, 0.6) is 0 Å². The predicted molar refractivity (Wildman–Crippen MR) is 85.3 cm³/mol. The van der Waals surface area contributed by atoms with Crippen LogP contribution in [0.3, 0.4) is 0 Å². The minimum atomic E-state index is 0.0988. The quantitative estimate of drug-likeness (QED) is 0.722. The van der Waals surface area contributed by atoms with Crippen LogP contribution in [0.1, 0.15) is 29.8 Å². The molecule has 3 nitrogen and oxygen atoms in total. The zero-order valence-electron chi connectivity index (χ0n) is 12.9. The summed E-state index contributed by atoms with van der Waals surface area (Å²) in [7, 11) is 4.04. The molecule has 0 fully saturated rings. The monoisotopic (exact) mass is 296 g/mol. The van der Waals surface area contributed by atoms with E-state index >= 15 is 0 Å². The Morgan fingerprint density at radius 3 is 2.20 bits per heavy atom. The maximum Gasteiger partial charge on any atom is 0.253 e. The van der Waals surface area contributed by atoms with Gasteiger partial charge in [0, 0.05) is 31.1 Å². The smallest absolute Gasteiger partial charge is 0.253 e. The van der Waals surface area contributed by atoms with Gasteiger partial charge in [0.15, 0.2) is 0 Å². The minimum absolute atomic E-state index is 0.0988. The Balaban J connectivity index is 2.79. The van der Waals surface area contributed by atoms with E-state index in [0.29, 0.717) is 11.8 Å². The lowest BCUT2D eigenvalue weighted by atomic mass is 10.1. The van der Waals surface area contributed by atoms with Crippen molar-refractivity contribution in [3.63, 3.8) is 0 Å². The maximum absolute atomic E-state index is 12.6. The Morgan fingerprint density at radius 1 is 1.15 bits per heavy atom. The van der Waals surface area contributed by atoms with Crippen molar-refractivity contribution in [1.82, 2.24) is 9.80 Å². The van der Waals surface area contributed by atoms with Crippen molar-refractivity contribution in [3.05, 3.63) is 35.4 Å². The highest BCUT2D eigenvalue weighted by Gasteiger charge is 2.16. The number of hydrogen-bond acceptors (Lipinski definition) is 2. The first-order valence-corrected chi connectivity index (χ1v) is 7.56. The highest BCUT2D eigenvalue weighted by molar-refractivity contribution is 6.17. The number of nitrogens with zero attached hydrogens (tertiary/aromatic N) is 2. The van der Waals surface area contributed by atoms with Crippen LogP contribution >= 0.6 is 11.6 Å². The van der Waals surface area contributed by atoms with E-state index in [4.69, 9.17) is 11.6 Å². The number of rotatable bonds is 7. The maximum atomic E-state index is 12.6. The summed E-state index contributed by atoms with van der Waals surface area (Å²) in [5, 5.41) is 0. The van der Waals surface area contributed by atoms with Gasteiger partial charge in [-0.05, 0) is 37.7 Å². The van der Waals surface area contributed by atoms with Gasteiger partial charge in [-0.15, -0.1) is 11.6 Å². The van der Waals surface area contributed by atoms with Crippen LogP contribution in [0.2, 0.25) is 0 Å². The molecule has 0 aliphatic rings. The molecule has 0 unspecified atom stereocenters. The number of hydrogen-bond donors (Lipinski definition) is 0. The van der Waals surface area contributed by atoms with Gasteiger partial charge in [-0.2, -0.15) is 0 Å². The van der Waals surface area contributed by atoms with Crippen molar-refractivity contribution in [2.75, 3.05) is 33.7 Å². The third kappa shape index (κ3) is 5.51. The van der Waals surface area contributed by atoms with Crippen molar-refractivity contribution in [3.8, 4) is 0 Å². The van der Waals surface area contributed by atoms with E-state index in [-0.39, 0.29) is 5.91 Å². The summed E-state index contributed by atoms with van der Waals surface area (Å²) in [5.41, 5.74) is 1.77. The minimum Gasteiger partial charge on any atom is -0.337 e. The Hall–Kier alpha value is -1.06. The topological polar surface area (TPSA) is 23.6 Å². The fourth-order valence-corrected chi connectivity index (χ4v) is 2.13. The second-order valence-electron chi connectivity index (χ2n) is 5.78. The number of carbonyl (C=O) groups is 1. The molecule has 1 aromatic rings. The Labute approximate surface area is 127 Å². The molecule has 0 spiro atoms. The van der Waals surface area contributed by atoms with Crippen molar-refractivity contribution in [1.29, 1.82) is 0 Å². The van der Waals surface area contributed by atoms with E-state index in [1.807, 2.05) is 43.3 Å². The lowest BCUT2D eigenvalue weighted by molar-refractivity contribution is 0.0724. The van der Waals surface area contributed by atoms with E-state index in [1.54, 1.807) is 0 Å². The normalized spacial score (nSPS) is 11.2. The van der Waals surface area contributed by atoms with Gasteiger partial charge in [0.05, 0.1) is 0 Å². The molecule has 4 heteroatoms. The van der Waals surface area contributed by atoms with Gasteiger partial charge in [0.25, 0.3) is 5.91 Å². The zero-order valence-corrected chi connectivity index (χ0v) is 13.7. The van der Waals surface area contributed by atoms with Gasteiger partial charge in [0.1, 0.15) is 0 Å². The largest absolute Gasteiger partial charge is 0.337 e. The molecular weight excluding hydrogens is 272 g/mol. The fourth-order valence-electron chi connectivity index (χ4n) is 1.96. The number of likely N-dealkylation sites (N-methyl/N-ethyl adjacent to an activating group) is 1. The number of amides is 1. The van der Waals surface area contributed by atoms with Crippen LogP contribution < -0.4 is 0 Å². The summed E-state index contributed by atoms with van der Waals surface area (Å²) >= 11 is 5.77. The van der Waals surface area contributed by atoms with Crippen molar-refractivity contribution >= 4 is 17.5 Å². The summed E-state index contributed by atoms with van der Waals surface area (Å²) in [4.78, 5) is 16.6. The predicted octanol–water partition coefficient (Wildman–Crippen LogP) is 3.09. The lowest BCUT2D eigenvalue weighted by Crippen LogP contribution is -2.39. The van der Waals surface area contributed by atoms with E-state index in [9.17, 15) is 4.79 Å². The van der Waals surface area contributed by atoms with Crippen LogP contribution in [0.15, 0.2) is 24.3 Å². The number of alkyl halides is 1. The number of carbonyl (C=O) groups excluding carboxylic acids is 1. The Kier molecular flexibility index (Phi) is 7.03. The molecular formula is C16H25ClN2O. The van der Waals surface area contributed by atoms with Crippen molar-refractivity contribution < 1.29 is 4.79 Å². The summed E-state index contributed by atoms with van der Waals surface area (Å²) in [6.07, 6.45) is 0. The van der Waals surface area contributed by atoms with Crippen LogP contribution in [-0.4, -0.2) is 49.4 Å². The highest BCUT2D eigenvalue weighted by atomic mass is 35.5. The number of halogens is 1. The van der Waals surface area contributed by atoms with E-state index in [2.05, 4.69) is 18.7 Å². The average Bonchev–Trinajstić information content (AvgIpc) is 2.42. The van der Waals surface area contributed by atoms with Crippen molar-refractivity contribution in [2.24, 2.45) is 5.92 Å². The van der Waals surface area contributed by atoms with E-state index < -0.39 is 0 Å². The molecule has 0 N–H and O–H groups in total. The van der Waals surface area contributed by atoms with Crippen LogP contribution in [0.25, 0.3) is 0 Å². The van der Waals surface area contributed by atoms with Gasteiger partial charge in [-0.25, -0.2) is 0 Å². The molecule has 1 amide bonds. The second kappa shape index (κ2) is 8.28.